The third-order valence-electron chi connectivity index (χ3n) is 4.20. The average Bonchev–Trinajstić information content (AvgIpc) is 2.49. The molecule has 3 rings (SSSR count). The highest BCUT2D eigenvalue weighted by atomic mass is 16.2. The normalized spacial score (nSPS) is 29.8. The van der Waals surface area contributed by atoms with E-state index in [1.54, 1.807) is 0 Å². The van der Waals surface area contributed by atoms with Gasteiger partial charge in [0, 0.05) is 12.5 Å². The summed E-state index contributed by atoms with van der Waals surface area (Å²) in [5, 5.41) is 0. The van der Waals surface area contributed by atoms with E-state index in [0.717, 1.165) is 13.0 Å². The molecule has 1 aromatic rings. The van der Waals surface area contributed by atoms with Crippen molar-refractivity contribution in [2.45, 2.75) is 25.8 Å². The predicted octanol–water partition coefficient (Wildman–Crippen LogP) is 2.62. The van der Waals surface area contributed by atoms with Gasteiger partial charge in [0.05, 0.1) is 6.04 Å². The lowest BCUT2D eigenvalue weighted by atomic mass is 9.76. The second kappa shape index (κ2) is 3.62. The zero-order chi connectivity index (χ0) is 11.1. The maximum Gasteiger partial charge on any atom is 0.226 e. The fraction of sp³-hybridized carbons (Fsp3) is 0.500. The molecule has 0 aromatic heterocycles. The zero-order valence-corrected chi connectivity index (χ0v) is 9.60. The Morgan fingerprint density at radius 1 is 1.25 bits per heavy atom. The smallest absolute Gasteiger partial charge is 0.226 e. The van der Waals surface area contributed by atoms with E-state index in [0.29, 0.717) is 17.7 Å². The van der Waals surface area contributed by atoms with Gasteiger partial charge in [-0.05, 0) is 31.2 Å². The minimum atomic E-state index is 0.235. The number of nitrogens with zero attached hydrogens (tertiary/aromatic N) is 1. The second-order valence-corrected chi connectivity index (χ2v) is 5.02. The SMILES string of the molecule is C[C@@H](c1ccccc1)N1C[C@H]2CC[C@H]2C1=O. The van der Waals surface area contributed by atoms with Crippen LogP contribution in [-0.4, -0.2) is 17.4 Å². The van der Waals surface area contributed by atoms with E-state index >= 15 is 0 Å². The third kappa shape index (κ3) is 1.36. The molecule has 1 aliphatic heterocycles. The molecule has 0 spiro atoms. The molecule has 3 atom stereocenters. The highest BCUT2D eigenvalue weighted by Crippen LogP contribution is 2.44. The van der Waals surface area contributed by atoms with Gasteiger partial charge >= 0.3 is 0 Å². The van der Waals surface area contributed by atoms with Crippen molar-refractivity contribution < 1.29 is 4.79 Å². The zero-order valence-electron chi connectivity index (χ0n) is 9.60. The van der Waals surface area contributed by atoms with Gasteiger partial charge in [0.15, 0.2) is 0 Å². The molecule has 1 saturated carbocycles. The van der Waals surface area contributed by atoms with Crippen LogP contribution >= 0.6 is 0 Å². The van der Waals surface area contributed by atoms with Crippen molar-refractivity contribution in [2.75, 3.05) is 6.54 Å². The number of hydrogen-bond donors (Lipinski definition) is 0. The molecular weight excluding hydrogens is 198 g/mol. The second-order valence-electron chi connectivity index (χ2n) is 5.02. The van der Waals surface area contributed by atoms with Gasteiger partial charge in [-0.25, -0.2) is 0 Å². The van der Waals surface area contributed by atoms with Crippen molar-refractivity contribution in [2.24, 2.45) is 11.8 Å². The van der Waals surface area contributed by atoms with E-state index in [4.69, 9.17) is 0 Å². The molecule has 1 amide bonds. The minimum Gasteiger partial charge on any atom is -0.335 e. The van der Waals surface area contributed by atoms with E-state index in [2.05, 4.69) is 24.0 Å². The van der Waals surface area contributed by atoms with E-state index in [9.17, 15) is 4.79 Å². The van der Waals surface area contributed by atoms with Crippen LogP contribution in [0.25, 0.3) is 0 Å². The van der Waals surface area contributed by atoms with Gasteiger partial charge in [-0.15, -0.1) is 0 Å². The largest absolute Gasteiger partial charge is 0.335 e. The molecule has 2 fully saturated rings. The lowest BCUT2D eigenvalue weighted by molar-refractivity contribution is -0.134. The van der Waals surface area contributed by atoms with Gasteiger partial charge in [0.1, 0.15) is 0 Å². The Morgan fingerprint density at radius 2 is 2.00 bits per heavy atom. The summed E-state index contributed by atoms with van der Waals surface area (Å²) in [6.07, 6.45) is 2.36. The van der Waals surface area contributed by atoms with Gasteiger partial charge in [0.25, 0.3) is 0 Å². The van der Waals surface area contributed by atoms with Crippen LogP contribution < -0.4 is 0 Å². The number of amides is 1. The van der Waals surface area contributed by atoms with Crippen LogP contribution in [0.5, 0.6) is 0 Å². The van der Waals surface area contributed by atoms with Crippen LogP contribution in [0, 0.1) is 11.8 Å². The van der Waals surface area contributed by atoms with Crippen molar-refractivity contribution in [3.63, 3.8) is 0 Å². The van der Waals surface area contributed by atoms with Gasteiger partial charge < -0.3 is 4.90 Å². The van der Waals surface area contributed by atoms with Crippen LogP contribution in [0.2, 0.25) is 0 Å². The molecule has 1 aliphatic carbocycles. The molecule has 1 aromatic carbocycles. The Labute approximate surface area is 96.3 Å². The Balaban J connectivity index is 1.81. The van der Waals surface area contributed by atoms with E-state index in [-0.39, 0.29) is 6.04 Å². The van der Waals surface area contributed by atoms with Crippen LogP contribution in [0.4, 0.5) is 0 Å². The Bertz CT molecular complexity index is 400. The summed E-state index contributed by atoms with van der Waals surface area (Å²) in [5.41, 5.74) is 1.25. The predicted molar refractivity (Wildman–Crippen MR) is 62.8 cm³/mol. The van der Waals surface area contributed by atoms with Crippen LogP contribution in [-0.2, 0) is 4.79 Å². The molecule has 2 nitrogen and oxygen atoms in total. The Hall–Kier alpha value is -1.31. The third-order valence-corrected chi connectivity index (χ3v) is 4.20. The summed E-state index contributed by atoms with van der Waals surface area (Å²) in [6, 6.07) is 10.6. The van der Waals surface area contributed by atoms with Gasteiger partial charge in [-0.2, -0.15) is 0 Å². The van der Waals surface area contributed by atoms with E-state index in [1.165, 1.54) is 12.0 Å². The van der Waals surface area contributed by atoms with Gasteiger partial charge in [-0.3, -0.25) is 4.79 Å². The van der Waals surface area contributed by atoms with Gasteiger partial charge in [0.2, 0.25) is 5.91 Å². The minimum absolute atomic E-state index is 0.235. The molecule has 0 bridgehead atoms. The fourth-order valence-electron chi connectivity index (χ4n) is 2.93. The number of rotatable bonds is 2. The number of fused-ring (bicyclic) bond motifs is 1. The monoisotopic (exact) mass is 215 g/mol. The standard InChI is InChI=1S/C14H17NO/c1-10(11-5-3-2-4-6-11)15-9-12-7-8-13(12)14(15)16/h2-6,10,12-13H,7-9H2,1H3/t10-,12+,13+/m0/s1. The summed E-state index contributed by atoms with van der Waals surface area (Å²) in [7, 11) is 0. The average molecular weight is 215 g/mol. The lowest BCUT2D eigenvalue weighted by Crippen LogP contribution is -2.30. The molecule has 2 aliphatic rings. The van der Waals surface area contributed by atoms with Crippen LogP contribution in [0.1, 0.15) is 31.4 Å². The maximum absolute atomic E-state index is 12.1. The van der Waals surface area contributed by atoms with Gasteiger partial charge in [-0.1, -0.05) is 30.3 Å². The summed E-state index contributed by atoms with van der Waals surface area (Å²) < 4.78 is 0. The molecular formula is C14H17NO. The summed E-state index contributed by atoms with van der Waals surface area (Å²) >= 11 is 0. The first-order valence-electron chi connectivity index (χ1n) is 6.13. The van der Waals surface area contributed by atoms with Crippen molar-refractivity contribution in [1.82, 2.24) is 4.90 Å². The first-order valence-corrected chi connectivity index (χ1v) is 6.13. The first kappa shape index (κ1) is 9.88. The molecule has 2 heteroatoms. The van der Waals surface area contributed by atoms with E-state index in [1.807, 2.05) is 18.2 Å². The van der Waals surface area contributed by atoms with Crippen molar-refractivity contribution in [1.29, 1.82) is 0 Å². The van der Waals surface area contributed by atoms with E-state index < -0.39 is 0 Å². The number of likely N-dealkylation sites (tertiary alicyclic amines) is 1. The fourth-order valence-corrected chi connectivity index (χ4v) is 2.93. The number of benzene rings is 1. The molecule has 0 N–H and O–H groups in total. The summed E-state index contributed by atoms with van der Waals surface area (Å²) in [5.74, 6) is 1.39. The van der Waals surface area contributed by atoms with Crippen molar-refractivity contribution >= 4 is 5.91 Å². The molecule has 0 radical (unpaired) electrons. The van der Waals surface area contributed by atoms with Crippen LogP contribution in [0.3, 0.4) is 0 Å². The molecule has 84 valence electrons. The van der Waals surface area contributed by atoms with Crippen molar-refractivity contribution in [3.8, 4) is 0 Å². The molecule has 16 heavy (non-hydrogen) atoms. The summed E-state index contributed by atoms with van der Waals surface area (Å²) in [6.45, 7) is 3.11. The molecule has 0 unspecified atom stereocenters. The molecule has 1 heterocycles. The topological polar surface area (TPSA) is 20.3 Å². The highest BCUT2D eigenvalue weighted by Gasteiger charge is 2.47. The number of carbonyl (C=O) groups excluding carboxylic acids is 1. The highest BCUT2D eigenvalue weighted by molar-refractivity contribution is 5.82. The quantitative estimate of drug-likeness (QED) is 0.742. The molecule has 1 saturated heterocycles. The Kier molecular flexibility index (Phi) is 2.23. The first-order chi connectivity index (χ1) is 7.77. The number of hydrogen-bond acceptors (Lipinski definition) is 1. The Morgan fingerprint density at radius 3 is 2.50 bits per heavy atom. The lowest BCUT2D eigenvalue weighted by Gasteiger charge is -2.25. The maximum atomic E-state index is 12.1. The number of carbonyl (C=O) groups is 1. The van der Waals surface area contributed by atoms with Crippen LogP contribution in [0.15, 0.2) is 30.3 Å². The summed E-state index contributed by atoms with van der Waals surface area (Å²) in [4.78, 5) is 14.2. The van der Waals surface area contributed by atoms with Crippen molar-refractivity contribution in [3.05, 3.63) is 35.9 Å².